The molecule has 0 saturated carbocycles. The highest BCUT2D eigenvalue weighted by atomic mass is 16.5. The van der Waals surface area contributed by atoms with E-state index in [9.17, 15) is 4.79 Å². The van der Waals surface area contributed by atoms with Crippen LogP contribution in [0, 0.1) is 0 Å². The molecule has 0 aromatic carbocycles. The van der Waals surface area contributed by atoms with Crippen LogP contribution in [-0.2, 0) is 19.8 Å². The van der Waals surface area contributed by atoms with E-state index in [4.69, 9.17) is 9.47 Å². The van der Waals surface area contributed by atoms with E-state index in [1.807, 2.05) is 6.07 Å². The van der Waals surface area contributed by atoms with Gasteiger partial charge >= 0.3 is 5.97 Å². The fraction of sp³-hybridized carbons (Fsp3) is 0.538. The van der Waals surface area contributed by atoms with Crippen molar-refractivity contribution in [3.05, 3.63) is 30.1 Å². The van der Waals surface area contributed by atoms with E-state index in [-0.39, 0.29) is 5.97 Å². The average molecular weight is 252 g/mol. The summed E-state index contributed by atoms with van der Waals surface area (Å²) < 4.78 is 10.1. The number of pyridine rings is 1. The largest absolute Gasteiger partial charge is 0.464 e. The highest BCUT2D eigenvalue weighted by Gasteiger charge is 2.36. The Kier molecular flexibility index (Phi) is 5.74. The molecule has 100 valence electrons. The number of rotatable bonds is 7. The van der Waals surface area contributed by atoms with Gasteiger partial charge in [0.25, 0.3) is 0 Å². The van der Waals surface area contributed by atoms with Gasteiger partial charge in [-0.2, -0.15) is 0 Å². The number of nitrogens with zero attached hydrogens (tertiary/aromatic N) is 1. The predicted octanol–water partition coefficient (Wildman–Crippen LogP) is 1.10. The molecule has 1 N–H and O–H groups in total. The Bertz CT molecular complexity index is 370. The molecule has 1 aromatic rings. The first-order valence-electron chi connectivity index (χ1n) is 5.96. The highest BCUT2D eigenvalue weighted by Crippen LogP contribution is 2.21. The van der Waals surface area contributed by atoms with Gasteiger partial charge in [0.15, 0.2) is 0 Å². The van der Waals surface area contributed by atoms with Gasteiger partial charge in [-0.05, 0) is 19.9 Å². The van der Waals surface area contributed by atoms with Gasteiger partial charge in [0.1, 0.15) is 5.54 Å². The molecule has 1 aromatic heterocycles. The molecular formula is C13H20N2O3. The summed E-state index contributed by atoms with van der Waals surface area (Å²) in [6.07, 6.45) is 3.33. The first-order chi connectivity index (χ1) is 8.65. The minimum absolute atomic E-state index is 0.311. The number of aromatic nitrogens is 1. The molecule has 1 unspecified atom stereocenters. The topological polar surface area (TPSA) is 60.5 Å². The summed E-state index contributed by atoms with van der Waals surface area (Å²) in [5, 5.41) is 3.16. The number of ether oxygens (including phenoxy) is 2. The maximum absolute atomic E-state index is 12.1. The zero-order valence-corrected chi connectivity index (χ0v) is 11.1. The third kappa shape index (κ3) is 3.51. The molecule has 1 rings (SSSR count). The minimum Gasteiger partial charge on any atom is -0.464 e. The lowest BCUT2D eigenvalue weighted by molar-refractivity contribution is -0.151. The van der Waals surface area contributed by atoms with Crippen LogP contribution in [0.15, 0.2) is 24.5 Å². The lowest BCUT2D eigenvalue weighted by Crippen LogP contribution is -2.48. The zero-order valence-electron chi connectivity index (χ0n) is 11.1. The molecule has 0 aliphatic heterocycles. The second-order valence-electron chi connectivity index (χ2n) is 4.01. The van der Waals surface area contributed by atoms with Crippen molar-refractivity contribution in [2.24, 2.45) is 0 Å². The van der Waals surface area contributed by atoms with Crippen molar-refractivity contribution in [2.75, 3.05) is 26.9 Å². The van der Waals surface area contributed by atoms with Crippen LogP contribution < -0.4 is 5.32 Å². The standard InChI is InChI=1S/C13H20N2O3/c1-4-18-12(16)13(2,15-8-9-17-3)11-6-5-7-14-10-11/h5-7,10,15H,4,8-9H2,1-3H3. The molecule has 0 bridgehead atoms. The van der Waals surface area contributed by atoms with E-state index in [0.29, 0.717) is 19.8 Å². The molecule has 0 radical (unpaired) electrons. The Morgan fingerprint density at radius 1 is 1.56 bits per heavy atom. The number of methoxy groups -OCH3 is 1. The maximum atomic E-state index is 12.1. The van der Waals surface area contributed by atoms with Crippen LogP contribution in [0.4, 0.5) is 0 Å². The second kappa shape index (κ2) is 7.08. The summed E-state index contributed by atoms with van der Waals surface area (Å²) in [4.78, 5) is 16.1. The number of nitrogens with one attached hydrogen (secondary N) is 1. The molecule has 0 amide bonds. The Hall–Kier alpha value is -1.46. The lowest BCUT2D eigenvalue weighted by atomic mass is 9.93. The number of carbonyl (C=O) groups excluding carboxylic acids is 1. The predicted molar refractivity (Wildman–Crippen MR) is 68.1 cm³/mol. The molecule has 1 heterocycles. The fourth-order valence-corrected chi connectivity index (χ4v) is 1.63. The van der Waals surface area contributed by atoms with Crippen LogP contribution in [0.25, 0.3) is 0 Å². The Labute approximate surface area is 108 Å². The second-order valence-corrected chi connectivity index (χ2v) is 4.01. The van der Waals surface area contributed by atoms with Crippen LogP contribution in [0.3, 0.4) is 0 Å². The summed E-state index contributed by atoms with van der Waals surface area (Å²) in [7, 11) is 1.62. The molecule has 0 saturated heterocycles. The quantitative estimate of drug-likeness (QED) is 0.581. The van der Waals surface area contributed by atoms with Crippen molar-refractivity contribution in [2.45, 2.75) is 19.4 Å². The van der Waals surface area contributed by atoms with E-state index in [1.54, 1.807) is 39.4 Å². The molecule has 18 heavy (non-hydrogen) atoms. The minimum atomic E-state index is -0.900. The van der Waals surface area contributed by atoms with E-state index < -0.39 is 5.54 Å². The van der Waals surface area contributed by atoms with E-state index in [0.717, 1.165) is 5.56 Å². The van der Waals surface area contributed by atoms with Gasteiger partial charge in [0, 0.05) is 31.6 Å². The van der Waals surface area contributed by atoms with Crippen molar-refractivity contribution in [3.8, 4) is 0 Å². The molecule has 0 fully saturated rings. The van der Waals surface area contributed by atoms with Crippen molar-refractivity contribution >= 4 is 5.97 Å². The van der Waals surface area contributed by atoms with Crippen LogP contribution in [-0.4, -0.2) is 37.8 Å². The lowest BCUT2D eigenvalue weighted by Gasteiger charge is -2.28. The number of hydrogen-bond donors (Lipinski definition) is 1. The monoisotopic (exact) mass is 252 g/mol. The molecule has 0 spiro atoms. The number of hydrogen-bond acceptors (Lipinski definition) is 5. The average Bonchev–Trinajstić information content (AvgIpc) is 2.40. The normalized spacial score (nSPS) is 13.9. The number of carbonyl (C=O) groups is 1. The third-order valence-corrected chi connectivity index (χ3v) is 2.71. The van der Waals surface area contributed by atoms with E-state index in [2.05, 4.69) is 10.3 Å². The Balaban J connectivity index is 2.90. The first-order valence-corrected chi connectivity index (χ1v) is 5.96. The zero-order chi connectivity index (χ0) is 13.4. The van der Waals surface area contributed by atoms with Gasteiger partial charge in [0.2, 0.25) is 0 Å². The summed E-state index contributed by atoms with van der Waals surface area (Å²) in [6, 6.07) is 3.65. The van der Waals surface area contributed by atoms with Crippen LogP contribution in [0.2, 0.25) is 0 Å². The smallest absolute Gasteiger partial charge is 0.330 e. The van der Waals surface area contributed by atoms with Gasteiger partial charge in [-0.15, -0.1) is 0 Å². The maximum Gasteiger partial charge on any atom is 0.330 e. The van der Waals surface area contributed by atoms with Gasteiger partial charge in [-0.1, -0.05) is 6.07 Å². The first kappa shape index (κ1) is 14.6. The van der Waals surface area contributed by atoms with Gasteiger partial charge in [-0.3, -0.25) is 10.3 Å². The fourth-order valence-electron chi connectivity index (χ4n) is 1.63. The van der Waals surface area contributed by atoms with Gasteiger partial charge < -0.3 is 9.47 Å². The molecular weight excluding hydrogens is 232 g/mol. The van der Waals surface area contributed by atoms with E-state index in [1.165, 1.54) is 0 Å². The molecule has 0 aliphatic carbocycles. The Morgan fingerprint density at radius 2 is 2.33 bits per heavy atom. The van der Waals surface area contributed by atoms with Crippen molar-refractivity contribution in [1.82, 2.24) is 10.3 Å². The Morgan fingerprint density at radius 3 is 2.89 bits per heavy atom. The molecule has 0 aliphatic rings. The molecule has 1 atom stereocenters. The van der Waals surface area contributed by atoms with Crippen molar-refractivity contribution < 1.29 is 14.3 Å². The van der Waals surface area contributed by atoms with Crippen molar-refractivity contribution in [3.63, 3.8) is 0 Å². The summed E-state index contributed by atoms with van der Waals surface area (Å²) in [5.41, 5.74) is -0.123. The molecule has 5 heteroatoms. The summed E-state index contributed by atoms with van der Waals surface area (Å²) in [5.74, 6) is -0.311. The van der Waals surface area contributed by atoms with Crippen LogP contribution >= 0.6 is 0 Å². The highest BCUT2D eigenvalue weighted by molar-refractivity contribution is 5.82. The van der Waals surface area contributed by atoms with E-state index >= 15 is 0 Å². The summed E-state index contributed by atoms with van der Waals surface area (Å²) >= 11 is 0. The van der Waals surface area contributed by atoms with Gasteiger partial charge in [-0.25, -0.2) is 4.79 Å². The van der Waals surface area contributed by atoms with Crippen LogP contribution in [0.5, 0.6) is 0 Å². The SMILES string of the molecule is CCOC(=O)C(C)(NCCOC)c1cccnc1. The summed E-state index contributed by atoms with van der Waals surface area (Å²) in [6.45, 7) is 5.00. The van der Waals surface area contributed by atoms with Crippen molar-refractivity contribution in [1.29, 1.82) is 0 Å². The van der Waals surface area contributed by atoms with Gasteiger partial charge in [0.05, 0.1) is 13.2 Å². The number of esters is 1. The molecule has 5 nitrogen and oxygen atoms in total. The van der Waals surface area contributed by atoms with Crippen LogP contribution in [0.1, 0.15) is 19.4 Å². The third-order valence-electron chi connectivity index (χ3n) is 2.71.